The number of methoxy groups -OCH3 is 1. The molecule has 42 heavy (non-hydrogen) atoms. The fraction of sp³-hybridized carbons (Fsp3) is 0.276. The topological polar surface area (TPSA) is 118 Å². The third-order valence-electron chi connectivity index (χ3n) is 6.84. The van der Waals surface area contributed by atoms with Gasteiger partial charge in [-0.1, -0.05) is 35.3 Å². The van der Waals surface area contributed by atoms with Crippen LogP contribution >= 0.6 is 23.2 Å². The van der Waals surface area contributed by atoms with Gasteiger partial charge in [-0.15, -0.1) is 0 Å². The molecule has 2 aromatic carbocycles. The van der Waals surface area contributed by atoms with Gasteiger partial charge in [0.15, 0.2) is 0 Å². The molecule has 0 radical (unpaired) electrons. The summed E-state index contributed by atoms with van der Waals surface area (Å²) in [5.74, 6) is 1.71. The van der Waals surface area contributed by atoms with Gasteiger partial charge in [0, 0.05) is 62.4 Å². The number of hydrogen-bond acceptors (Lipinski definition) is 7. The van der Waals surface area contributed by atoms with Gasteiger partial charge in [0.1, 0.15) is 17.9 Å². The van der Waals surface area contributed by atoms with E-state index in [0.717, 1.165) is 17.0 Å². The van der Waals surface area contributed by atoms with Crippen molar-refractivity contribution < 1.29 is 14.3 Å². The fourth-order valence-electron chi connectivity index (χ4n) is 4.74. The molecule has 3 amide bonds. The van der Waals surface area contributed by atoms with Crippen LogP contribution in [-0.2, 0) is 11.3 Å². The molecule has 0 bridgehead atoms. The van der Waals surface area contributed by atoms with Crippen LogP contribution in [0.1, 0.15) is 17.7 Å². The summed E-state index contributed by atoms with van der Waals surface area (Å²) >= 11 is 12.2. The molecule has 11 nitrogen and oxygen atoms in total. The number of hydrogen-bond donors (Lipinski definition) is 2. The first-order valence-electron chi connectivity index (χ1n) is 13.3. The van der Waals surface area contributed by atoms with Crippen LogP contribution in [-0.4, -0.2) is 69.1 Å². The van der Waals surface area contributed by atoms with Gasteiger partial charge < -0.3 is 25.2 Å². The summed E-state index contributed by atoms with van der Waals surface area (Å²) in [5, 5.41) is 6.62. The quantitative estimate of drug-likeness (QED) is 0.297. The van der Waals surface area contributed by atoms with E-state index in [0.29, 0.717) is 53.7 Å². The predicted octanol–water partition coefficient (Wildman–Crippen LogP) is 4.72. The number of piperazine rings is 1. The van der Waals surface area contributed by atoms with Gasteiger partial charge in [-0.2, -0.15) is 4.98 Å². The molecule has 1 saturated heterocycles. The molecule has 1 atom stereocenters. The first-order valence-corrected chi connectivity index (χ1v) is 14.1. The van der Waals surface area contributed by atoms with E-state index in [-0.39, 0.29) is 24.4 Å². The van der Waals surface area contributed by atoms with Crippen molar-refractivity contribution in [3.8, 4) is 11.7 Å². The number of aromatic nitrogens is 4. The van der Waals surface area contributed by atoms with Crippen LogP contribution < -0.4 is 20.3 Å². The van der Waals surface area contributed by atoms with E-state index in [4.69, 9.17) is 32.9 Å². The normalized spacial score (nSPS) is 14.9. The molecule has 0 saturated carbocycles. The molecule has 1 fully saturated rings. The first kappa shape index (κ1) is 29.2. The average molecular weight is 610 g/mol. The van der Waals surface area contributed by atoms with Crippen LogP contribution in [0.2, 0.25) is 10.0 Å². The van der Waals surface area contributed by atoms with Crippen molar-refractivity contribution in [2.24, 2.45) is 0 Å². The lowest BCUT2D eigenvalue weighted by molar-refractivity contribution is -0.121. The van der Waals surface area contributed by atoms with Crippen molar-refractivity contribution in [1.82, 2.24) is 29.7 Å². The van der Waals surface area contributed by atoms with E-state index in [1.807, 2.05) is 37.3 Å². The number of aryl methyl sites for hydroxylation is 1. The van der Waals surface area contributed by atoms with Gasteiger partial charge in [0.25, 0.3) is 0 Å². The SMILES string of the molecule is COc1cccc(CNC(=O)CC2CN(C(=O)Nc3ccc(Cl)c(Cl)c3)CCN2c2cc(C)nc(-n3ccnc3)n2)c1. The summed E-state index contributed by atoms with van der Waals surface area (Å²) in [7, 11) is 1.60. The Morgan fingerprint density at radius 3 is 2.69 bits per heavy atom. The summed E-state index contributed by atoms with van der Waals surface area (Å²) in [6, 6.07) is 13.7. The van der Waals surface area contributed by atoms with Crippen molar-refractivity contribution in [2.45, 2.75) is 25.9 Å². The van der Waals surface area contributed by atoms with E-state index >= 15 is 0 Å². The maximum absolute atomic E-state index is 13.2. The van der Waals surface area contributed by atoms with E-state index in [2.05, 4.69) is 25.5 Å². The Hall–Kier alpha value is -4.35. The molecule has 2 aromatic heterocycles. The minimum atomic E-state index is -0.353. The Labute approximate surface area is 253 Å². The number of nitrogens with one attached hydrogen (secondary N) is 2. The van der Waals surface area contributed by atoms with Crippen molar-refractivity contribution >= 4 is 46.6 Å². The number of carbonyl (C=O) groups is 2. The highest BCUT2D eigenvalue weighted by Crippen LogP contribution is 2.26. The van der Waals surface area contributed by atoms with E-state index in [1.54, 1.807) is 53.5 Å². The highest BCUT2D eigenvalue weighted by Gasteiger charge is 2.32. The van der Waals surface area contributed by atoms with Crippen molar-refractivity contribution in [1.29, 1.82) is 0 Å². The van der Waals surface area contributed by atoms with Crippen LogP contribution in [0.25, 0.3) is 5.95 Å². The van der Waals surface area contributed by atoms with Crippen molar-refractivity contribution in [3.63, 3.8) is 0 Å². The minimum absolute atomic E-state index is 0.143. The molecule has 0 spiro atoms. The molecule has 1 aliphatic rings. The zero-order chi connectivity index (χ0) is 29.6. The Kier molecular flexibility index (Phi) is 9.09. The number of rotatable bonds is 8. The molecule has 2 N–H and O–H groups in total. The number of anilines is 2. The molecule has 1 unspecified atom stereocenters. The average Bonchev–Trinajstić information content (AvgIpc) is 3.53. The number of imidazole rings is 1. The smallest absolute Gasteiger partial charge is 0.321 e. The minimum Gasteiger partial charge on any atom is -0.497 e. The number of ether oxygens (including phenoxy) is 1. The Balaban J connectivity index is 1.34. The third-order valence-corrected chi connectivity index (χ3v) is 7.58. The number of nitrogens with zero attached hydrogens (tertiary/aromatic N) is 6. The zero-order valence-electron chi connectivity index (χ0n) is 23.1. The molecular weight excluding hydrogens is 579 g/mol. The van der Waals surface area contributed by atoms with Crippen LogP contribution in [0.15, 0.2) is 67.3 Å². The molecular formula is C29H30Cl2N8O3. The second kappa shape index (κ2) is 13.1. The molecule has 13 heteroatoms. The van der Waals surface area contributed by atoms with Crippen molar-refractivity contribution in [3.05, 3.63) is 88.6 Å². The predicted molar refractivity (Wildman–Crippen MR) is 162 cm³/mol. The lowest BCUT2D eigenvalue weighted by Gasteiger charge is -2.42. The Morgan fingerprint density at radius 1 is 1.07 bits per heavy atom. The molecule has 3 heterocycles. The fourth-order valence-corrected chi connectivity index (χ4v) is 5.04. The Bertz CT molecular complexity index is 1570. The summed E-state index contributed by atoms with van der Waals surface area (Å²) in [6.07, 6.45) is 5.21. The third kappa shape index (κ3) is 7.10. The number of halogens is 2. The van der Waals surface area contributed by atoms with Gasteiger partial charge in [-0.3, -0.25) is 9.36 Å². The number of urea groups is 1. The highest BCUT2D eigenvalue weighted by molar-refractivity contribution is 6.42. The first-order chi connectivity index (χ1) is 20.3. The number of amides is 3. The zero-order valence-corrected chi connectivity index (χ0v) is 24.6. The van der Waals surface area contributed by atoms with Gasteiger partial charge in [0.2, 0.25) is 11.9 Å². The monoisotopic (exact) mass is 608 g/mol. The van der Waals surface area contributed by atoms with Gasteiger partial charge in [0.05, 0.1) is 23.2 Å². The Morgan fingerprint density at radius 2 is 1.93 bits per heavy atom. The largest absolute Gasteiger partial charge is 0.497 e. The summed E-state index contributed by atoms with van der Waals surface area (Å²) in [6.45, 7) is 3.41. The molecule has 1 aliphatic heterocycles. The van der Waals surface area contributed by atoms with E-state index in [1.165, 1.54) is 0 Å². The second-order valence-corrected chi connectivity index (χ2v) is 10.6. The van der Waals surface area contributed by atoms with E-state index in [9.17, 15) is 9.59 Å². The lowest BCUT2D eigenvalue weighted by Crippen LogP contribution is -2.57. The van der Waals surface area contributed by atoms with Gasteiger partial charge >= 0.3 is 6.03 Å². The molecule has 5 rings (SSSR count). The summed E-state index contributed by atoms with van der Waals surface area (Å²) < 4.78 is 7.02. The lowest BCUT2D eigenvalue weighted by atomic mass is 10.1. The molecule has 218 valence electrons. The van der Waals surface area contributed by atoms with Crippen LogP contribution in [0.3, 0.4) is 0 Å². The summed E-state index contributed by atoms with van der Waals surface area (Å²) in [5.41, 5.74) is 2.22. The standard InChI is InChI=1S/C29H30Cl2N8O3/c1-19-12-26(36-28(34-19)38-9-8-32-18-38)39-11-10-37(29(41)35-21-6-7-24(30)25(31)14-21)17-22(39)15-27(40)33-16-20-4-3-5-23(13-20)42-2/h3-9,12-14,18,22H,10-11,15-17H2,1-2H3,(H,33,40)(H,35,41). The van der Waals surface area contributed by atoms with Gasteiger partial charge in [-0.05, 0) is 42.8 Å². The maximum Gasteiger partial charge on any atom is 0.321 e. The van der Waals surface area contributed by atoms with Crippen LogP contribution in [0.4, 0.5) is 16.3 Å². The molecule has 4 aromatic rings. The summed E-state index contributed by atoms with van der Waals surface area (Å²) in [4.78, 5) is 43.6. The number of carbonyl (C=O) groups excluding carboxylic acids is 2. The number of benzene rings is 2. The van der Waals surface area contributed by atoms with Gasteiger partial charge in [-0.25, -0.2) is 14.8 Å². The van der Waals surface area contributed by atoms with Crippen LogP contribution in [0, 0.1) is 6.92 Å². The van der Waals surface area contributed by atoms with E-state index < -0.39 is 0 Å². The second-order valence-electron chi connectivity index (χ2n) is 9.82. The highest BCUT2D eigenvalue weighted by atomic mass is 35.5. The maximum atomic E-state index is 13.2. The van der Waals surface area contributed by atoms with Crippen molar-refractivity contribution in [2.75, 3.05) is 37.0 Å². The molecule has 0 aliphatic carbocycles. The van der Waals surface area contributed by atoms with Crippen LogP contribution in [0.5, 0.6) is 5.75 Å².